The molecule has 6 aliphatic rings. The van der Waals surface area contributed by atoms with Crippen molar-refractivity contribution in [2.45, 2.75) is 91.7 Å². The first-order chi connectivity index (χ1) is 35.1. The molecule has 3 saturated carbocycles. The number of imide groups is 1. The molecule has 0 unspecified atom stereocenters. The maximum atomic E-state index is 17.8. The molecule has 2 aromatic carbocycles. The molecule has 4 aliphatic carbocycles. The van der Waals surface area contributed by atoms with Crippen molar-refractivity contribution < 1.29 is 80.9 Å². The number of nitrogens with zero attached hydrogens (tertiary/aromatic N) is 1. The lowest BCUT2D eigenvalue weighted by molar-refractivity contribution is -0.235. The molecule has 10 atom stereocenters. The fourth-order valence-corrected chi connectivity index (χ4v) is 12.7. The Bertz CT molecular complexity index is 2400. The Kier molecular flexibility index (Phi) is 18.1. The standard InChI is InChI=1S/C54H65F2NO15S/c1-51-14-12-37(59)30-43(51)44(55)31-42-41-32-47-54(46(62)34-58,52(41,2)33-45(61)53(42,51)56)72-50(71-47)36-6-8-39(9-7-36)73-40-5-3-4-35(29-40)28-38(60)13-16-65-18-20-67-22-24-69-26-27-70-25-23-68-21-19-66-17-15-57-48(63)10-11-49(57)64/h3-12,14,29-30,41-42,44-45,47,50,58,61H,13,15-28,31-34H2,1-2H3/t41-,42-,44-,45-,47+,50+,51-,52-,53-,54+/m0/s1. The molecule has 16 nitrogen and oxygen atoms in total. The molecule has 396 valence electrons. The number of ketones is 3. The summed E-state index contributed by atoms with van der Waals surface area (Å²) in [5.74, 6) is -3.37. The Morgan fingerprint density at radius 1 is 0.781 bits per heavy atom. The summed E-state index contributed by atoms with van der Waals surface area (Å²) in [7, 11) is 0. The lowest BCUT2D eigenvalue weighted by Gasteiger charge is -2.63. The predicted molar refractivity (Wildman–Crippen MR) is 259 cm³/mol. The van der Waals surface area contributed by atoms with Crippen molar-refractivity contribution in [3.8, 4) is 0 Å². The van der Waals surface area contributed by atoms with E-state index in [1.807, 2.05) is 48.5 Å². The highest BCUT2D eigenvalue weighted by Gasteiger charge is 2.80. The molecule has 2 N–H and O–H groups in total. The zero-order chi connectivity index (χ0) is 51.8. The zero-order valence-electron chi connectivity index (χ0n) is 41.2. The van der Waals surface area contributed by atoms with Gasteiger partial charge in [0, 0.05) is 57.1 Å². The van der Waals surface area contributed by atoms with Crippen molar-refractivity contribution in [2.75, 3.05) is 92.4 Å². The van der Waals surface area contributed by atoms with E-state index >= 15 is 8.78 Å². The molecular formula is C54H65F2NO15S. The van der Waals surface area contributed by atoms with Crippen LogP contribution in [0.4, 0.5) is 8.78 Å². The van der Waals surface area contributed by atoms with E-state index in [1.165, 1.54) is 43.0 Å². The van der Waals surface area contributed by atoms with E-state index < -0.39 is 76.8 Å². The van der Waals surface area contributed by atoms with Crippen LogP contribution in [-0.2, 0) is 68.3 Å². The summed E-state index contributed by atoms with van der Waals surface area (Å²) >= 11 is 1.50. The van der Waals surface area contributed by atoms with Gasteiger partial charge in [-0.2, -0.15) is 0 Å². The third kappa shape index (κ3) is 11.4. The van der Waals surface area contributed by atoms with Crippen LogP contribution in [0, 0.1) is 22.7 Å². The number of allylic oxidation sites excluding steroid dienone is 4. The van der Waals surface area contributed by atoms with E-state index in [0.717, 1.165) is 26.3 Å². The number of benzene rings is 2. The minimum Gasteiger partial charge on any atom is -0.390 e. The lowest BCUT2D eigenvalue weighted by atomic mass is 9.44. The molecule has 1 saturated heterocycles. The third-order valence-corrected chi connectivity index (χ3v) is 16.4. The van der Waals surface area contributed by atoms with Crippen LogP contribution < -0.4 is 0 Å². The highest BCUT2D eigenvalue weighted by molar-refractivity contribution is 7.99. The van der Waals surface area contributed by atoms with E-state index in [0.29, 0.717) is 71.6 Å². The second-order valence-corrected chi connectivity index (χ2v) is 20.8. The van der Waals surface area contributed by atoms with Crippen molar-refractivity contribution in [3.05, 3.63) is 95.6 Å². The number of carbonyl (C=O) groups excluding carboxylic acids is 5. The molecule has 8 rings (SSSR count). The van der Waals surface area contributed by atoms with Crippen LogP contribution in [0.2, 0.25) is 0 Å². The molecule has 2 aliphatic heterocycles. The fourth-order valence-electron chi connectivity index (χ4n) is 11.8. The highest BCUT2D eigenvalue weighted by Crippen LogP contribution is 2.72. The van der Waals surface area contributed by atoms with E-state index in [4.69, 9.17) is 37.9 Å². The Balaban J connectivity index is 0.703. The number of aliphatic hydroxyl groups excluding tert-OH is 2. The molecule has 4 fully saturated rings. The van der Waals surface area contributed by atoms with Crippen LogP contribution in [0.5, 0.6) is 0 Å². The van der Waals surface area contributed by atoms with Gasteiger partial charge in [-0.25, -0.2) is 8.78 Å². The Hall–Kier alpha value is -4.38. The van der Waals surface area contributed by atoms with Gasteiger partial charge in [0.25, 0.3) is 11.8 Å². The minimum atomic E-state index is -2.33. The summed E-state index contributed by atoms with van der Waals surface area (Å²) in [5.41, 5.74) is -5.37. The number of Topliss-reactive ketones (excluding diaryl/α,β-unsaturated/α-hetero) is 2. The van der Waals surface area contributed by atoms with E-state index in [1.54, 1.807) is 6.92 Å². The van der Waals surface area contributed by atoms with Gasteiger partial charge in [0.2, 0.25) is 0 Å². The van der Waals surface area contributed by atoms with Crippen LogP contribution in [0.1, 0.15) is 56.9 Å². The van der Waals surface area contributed by atoms with Gasteiger partial charge in [0.1, 0.15) is 18.6 Å². The van der Waals surface area contributed by atoms with Crippen molar-refractivity contribution in [1.82, 2.24) is 4.90 Å². The third-order valence-electron chi connectivity index (χ3n) is 15.4. The average Bonchev–Trinajstić information content (AvgIpc) is 4.00. The quantitative estimate of drug-likeness (QED) is 0.0850. The number of carbonyl (C=O) groups is 5. The molecule has 0 bridgehead atoms. The summed E-state index contributed by atoms with van der Waals surface area (Å²) in [6.45, 7) is 6.99. The smallest absolute Gasteiger partial charge is 0.253 e. The number of alkyl halides is 2. The van der Waals surface area contributed by atoms with Gasteiger partial charge >= 0.3 is 0 Å². The van der Waals surface area contributed by atoms with Gasteiger partial charge < -0.3 is 48.1 Å². The maximum absolute atomic E-state index is 17.8. The number of rotatable bonds is 28. The van der Waals surface area contributed by atoms with E-state index in [-0.39, 0.29) is 75.0 Å². The predicted octanol–water partition coefficient (Wildman–Crippen LogP) is 5.01. The number of hydrogen-bond acceptors (Lipinski definition) is 16. The van der Waals surface area contributed by atoms with Crippen LogP contribution in [-0.4, -0.2) is 166 Å². The van der Waals surface area contributed by atoms with Gasteiger partial charge in [0.15, 0.2) is 29.1 Å². The van der Waals surface area contributed by atoms with Crippen molar-refractivity contribution >= 4 is 40.9 Å². The summed E-state index contributed by atoms with van der Waals surface area (Å²) in [6.07, 6.45) is 1.21. The van der Waals surface area contributed by atoms with Gasteiger partial charge in [-0.05, 0) is 79.7 Å². The fraction of sp³-hybridized carbons (Fsp3) is 0.574. The van der Waals surface area contributed by atoms with Crippen molar-refractivity contribution in [2.24, 2.45) is 22.7 Å². The average molecular weight is 1040 g/mol. The molecule has 73 heavy (non-hydrogen) atoms. The second kappa shape index (κ2) is 24.1. The summed E-state index contributed by atoms with van der Waals surface area (Å²) < 4.78 is 79.8. The number of aliphatic hydroxyl groups is 2. The normalized spacial score (nSPS) is 31.1. The second-order valence-electron chi connectivity index (χ2n) is 19.6. The van der Waals surface area contributed by atoms with Gasteiger partial charge in [-0.15, -0.1) is 0 Å². The summed E-state index contributed by atoms with van der Waals surface area (Å²) in [4.78, 5) is 64.9. The molecule has 2 heterocycles. The minimum absolute atomic E-state index is 0.0146. The summed E-state index contributed by atoms with van der Waals surface area (Å²) in [6, 6.07) is 15.2. The monoisotopic (exact) mass is 1040 g/mol. The Morgan fingerprint density at radius 2 is 1.38 bits per heavy atom. The van der Waals surface area contributed by atoms with Crippen LogP contribution in [0.3, 0.4) is 0 Å². The van der Waals surface area contributed by atoms with Crippen LogP contribution in [0.25, 0.3) is 0 Å². The number of fused-ring (bicyclic) bond motifs is 7. The SMILES string of the molecule is C[C@]12C=CC(=O)C=C1[C@@H](F)C[C@H]1[C@@H]3C[C@H]4O[C@@H](c5ccc(Sc6cccc(CC(=O)CCOCCOCCOCCOCCOCCOCCN7C(=O)C=CC7=O)c6)cc5)O[C@@]4(C(=O)CO)[C@@]3(C)C[C@H](O)[C@@]12F. The number of halogens is 2. The molecule has 2 aromatic rings. The van der Waals surface area contributed by atoms with Gasteiger partial charge in [0.05, 0.1) is 98.0 Å². The number of ether oxygens (including phenoxy) is 8. The zero-order valence-corrected chi connectivity index (χ0v) is 42.0. The van der Waals surface area contributed by atoms with E-state index in [2.05, 4.69) is 0 Å². The lowest BCUT2D eigenvalue weighted by Crippen LogP contribution is -2.70. The number of hydrogen-bond donors (Lipinski definition) is 2. The molecule has 0 spiro atoms. The Labute approximate surface area is 427 Å². The highest BCUT2D eigenvalue weighted by atomic mass is 32.2. The van der Waals surface area contributed by atoms with Crippen LogP contribution >= 0.6 is 11.8 Å². The maximum Gasteiger partial charge on any atom is 0.253 e. The summed E-state index contributed by atoms with van der Waals surface area (Å²) in [5, 5.41) is 22.1. The molecule has 2 amide bonds. The van der Waals surface area contributed by atoms with Gasteiger partial charge in [-0.1, -0.05) is 49.0 Å². The number of amides is 2. The molecule has 19 heteroatoms. The first kappa shape index (κ1) is 54.9. The molecular weight excluding hydrogens is 973 g/mol. The topological polar surface area (TPSA) is 203 Å². The van der Waals surface area contributed by atoms with Crippen LogP contribution in [0.15, 0.2) is 94.3 Å². The van der Waals surface area contributed by atoms with Gasteiger partial charge in [-0.3, -0.25) is 28.9 Å². The Morgan fingerprint density at radius 3 is 2.00 bits per heavy atom. The first-order valence-electron chi connectivity index (χ1n) is 25.0. The van der Waals surface area contributed by atoms with Crippen molar-refractivity contribution in [1.29, 1.82) is 0 Å². The van der Waals surface area contributed by atoms with Crippen molar-refractivity contribution in [3.63, 3.8) is 0 Å². The molecule has 0 aromatic heterocycles. The molecule has 0 radical (unpaired) electrons. The largest absolute Gasteiger partial charge is 0.390 e. The first-order valence-corrected chi connectivity index (χ1v) is 25.8. The van der Waals surface area contributed by atoms with E-state index in [9.17, 15) is 34.2 Å².